The molecule has 0 aliphatic heterocycles. The maximum atomic E-state index is 8.97. The Kier molecular flexibility index (Phi) is 4.81. The zero-order chi connectivity index (χ0) is 16.9. The van der Waals surface area contributed by atoms with Crippen molar-refractivity contribution in [1.29, 1.82) is 0 Å². The quantitative estimate of drug-likeness (QED) is 0.688. The number of furan rings is 1. The maximum Gasteiger partial charge on any atom is 0.162 e. The fraction of sp³-hybridized carbons (Fsp3) is 0.294. The van der Waals surface area contributed by atoms with Crippen LogP contribution < -0.4 is 14.8 Å². The van der Waals surface area contributed by atoms with Gasteiger partial charge in [-0.1, -0.05) is 0 Å². The SMILES string of the molecule is COc1cc2nc(C)nc(NCc3ccco3)c2cc1OCCO. The molecule has 7 heteroatoms. The van der Waals surface area contributed by atoms with Gasteiger partial charge in [0.2, 0.25) is 0 Å². The van der Waals surface area contributed by atoms with Crippen molar-refractivity contribution in [3.63, 3.8) is 0 Å². The largest absolute Gasteiger partial charge is 0.493 e. The lowest BCUT2D eigenvalue weighted by Gasteiger charge is -2.14. The number of aliphatic hydroxyl groups excluding tert-OH is 1. The van der Waals surface area contributed by atoms with Crippen molar-refractivity contribution in [2.45, 2.75) is 13.5 Å². The predicted octanol–water partition coefficient (Wildman–Crippen LogP) is 2.52. The standard InChI is InChI=1S/C17H19N3O4/c1-11-19-14-9-15(22-2)16(24-7-5-21)8-13(14)17(20-11)18-10-12-4-3-6-23-12/h3-4,6,8-9,21H,5,7,10H2,1-2H3,(H,18,19,20). The van der Waals surface area contributed by atoms with E-state index in [1.807, 2.05) is 25.1 Å². The van der Waals surface area contributed by atoms with Crippen molar-refractivity contribution in [3.05, 3.63) is 42.1 Å². The van der Waals surface area contributed by atoms with Gasteiger partial charge in [-0.05, 0) is 25.1 Å². The van der Waals surface area contributed by atoms with Crippen LogP contribution in [0.4, 0.5) is 5.82 Å². The summed E-state index contributed by atoms with van der Waals surface area (Å²) in [5, 5.41) is 13.0. The number of aromatic nitrogens is 2. The van der Waals surface area contributed by atoms with Gasteiger partial charge in [0.05, 0.1) is 32.0 Å². The topological polar surface area (TPSA) is 89.6 Å². The fourth-order valence-corrected chi connectivity index (χ4v) is 2.40. The number of benzene rings is 1. The van der Waals surface area contributed by atoms with Gasteiger partial charge in [-0.2, -0.15) is 0 Å². The van der Waals surface area contributed by atoms with Crippen LogP contribution in [-0.4, -0.2) is 35.4 Å². The van der Waals surface area contributed by atoms with E-state index in [2.05, 4.69) is 15.3 Å². The van der Waals surface area contributed by atoms with Crippen molar-refractivity contribution >= 4 is 16.7 Å². The molecule has 2 heterocycles. The summed E-state index contributed by atoms with van der Waals surface area (Å²) in [7, 11) is 1.57. The van der Waals surface area contributed by atoms with Gasteiger partial charge in [0.1, 0.15) is 24.0 Å². The molecule has 1 aromatic carbocycles. The monoisotopic (exact) mass is 329 g/mol. The van der Waals surface area contributed by atoms with Gasteiger partial charge in [-0.25, -0.2) is 9.97 Å². The number of fused-ring (bicyclic) bond motifs is 1. The summed E-state index contributed by atoms with van der Waals surface area (Å²) < 4.78 is 16.2. The summed E-state index contributed by atoms with van der Waals surface area (Å²) in [6.07, 6.45) is 1.63. The van der Waals surface area contributed by atoms with Crippen LogP contribution in [0.1, 0.15) is 11.6 Å². The summed E-state index contributed by atoms with van der Waals surface area (Å²) in [5.41, 5.74) is 0.748. The molecule has 3 rings (SSSR count). The van der Waals surface area contributed by atoms with Crippen molar-refractivity contribution in [2.75, 3.05) is 25.6 Å². The second-order valence-corrected chi connectivity index (χ2v) is 5.14. The summed E-state index contributed by atoms with van der Waals surface area (Å²) in [6.45, 7) is 2.45. The molecule has 0 amide bonds. The van der Waals surface area contributed by atoms with Gasteiger partial charge in [0.15, 0.2) is 11.5 Å². The van der Waals surface area contributed by atoms with Gasteiger partial charge < -0.3 is 24.3 Å². The molecule has 24 heavy (non-hydrogen) atoms. The Balaban J connectivity index is 1.99. The highest BCUT2D eigenvalue weighted by Crippen LogP contribution is 2.34. The zero-order valence-electron chi connectivity index (χ0n) is 13.6. The molecule has 0 aliphatic rings. The number of aryl methyl sites for hydroxylation is 1. The number of nitrogens with one attached hydrogen (secondary N) is 1. The molecule has 0 saturated heterocycles. The van der Waals surface area contributed by atoms with E-state index in [-0.39, 0.29) is 13.2 Å². The zero-order valence-corrected chi connectivity index (χ0v) is 13.6. The highest BCUT2D eigenvalue weighted by molar-refractivity contribution is 5.91. The Morgan fingerprint density at radius 3 is 2.83 bits per heavy atom. The molecule has 126 valence electrons. The lowest BCUT2D eigenvalue weighted by atomic mass is 10.2. The van der Waals surface area contributed by atoms with Crippen LogP contribution in [0.2, 0.25) is 0 Å². The molecule has 2 aromatic heterocycles. The van der Waals surface area contributed by atoms with E-state index in [0.717, 1.165) is 16.7 Å². The third-order valence-corrected chi connectivity index (χ3v) is 3.45. The molecule has 0 unspecified atom stereocenters. The van der Waals surface area contributed by atoms with E-state index in [0.29, 0.717) is 29.7 Å². The minimum absolute atomic E-state index is 0.0742. The number of hydrogen-bond acceptors (Lipinski definition) is 7. The fourth-order valence-electron chi connectivity index (χ4n) is 2.40. The summed E-state index contributed by atoms with van der Waals surface area (Å²) in [4.78, 5) is 8.92. The van der Waals surface area contributed by atoms with Crippen LogP contribution in [0.15, 0.2) is 34.9 Å². The molecular weight excluding hydrogens is 310 g/mol. The normalized spacial score (nSPS) is 10.8. The second-order valence-electron chi connectivity index (χ2n) is 5.14. The Labute approximate surface area is 139 Å². The van der Waals surface area contributed by atoms with E-state index < -0.39 is 0 Å². The van der Waals surface area contributed by atoms with Crippen molar-refractivity contribution < 1.29 is 19.0 Å². The van der Waals surface area contributed by atoms with Crippen molar-refractivity contribution in [3.8, 4) is 11.5 Å². The highest BCUT2D eigenvalue weighted by atomic mass is 16.5. The molecule has 0 saturated carbocycles. The number of methoxy groups -OCH3 is 1. The molecule has 2 N–H and O–H groups in total. The Bertz CT molecular complexity index is 818. The Morgan fingerprint density at radius 1 is 1.25 bits per heavy atom. The minimum Gasteiger partial charge on any atom is -0.493 e. The summed E-state index contributed by atoms with van der Waals surface area (Å²) >= 11 is 0. The first kappa shape index (κ1) is 16.1. The number of nitrogens with zero attached hydrogens (tertiary/aromatic N) is 2. The molecule has 0 fully saturated rings. The minimum atomic E-state index is -0.0742. The molecule has 0 aliphatic carbocycles. The van der Waals surface area contributed by atoms with E-state index in [9.17, 15) is 0 Å². The highest BCUT2D eigenvalue weighted by Gasteiger charge is 2.13. The average molecular weight is 329 g/mol. The maximum absolute atomic E-state index is 8.97. The third kappa shape index (κ3) is 3.41. The van der Waals surface area contributed by atoms with E-state index in [1.54, 1.807) is 19.4 Å². The Morgan fingerprint density at radius 2 is 2.12 bits per heavy atom. The van der Waals surface area contributed by atoms with Gasteiger partial charge in [0, 0.05) is 11.5 Å². The van der Waals surface area contributed by atoms with Gasteiger partial charge in [-0.3, -0.25) is 0 Å². The molecule has 0 atom stereocenters. The lowest BCUT2D eigenvalue weighted by Crippen LogP contribution is -2.06. The van der Waals surface area contributed by atoms with Crippen LogP contribution in [0, 0.1) is 6.92 Å². The van der Waals surface area contributed by atoms with Crippen molar-refractivity contribution in [2.24, 2.45) is 0 Å². The van der Waals surface area contributed by atoms with Crippen molar-refractivity contribution in [1.82, 2.24) is 9.97 Å². The van der Waals surface area contributed by atoms with Gasteiger partial charge in [-0.15, -0.1) is 0 Å². The molecular formula is C17H19N3O4. The number of rotatable bonds is 7. The van der Waals surface area contributed by atoms with Crippen LogP contribution in [0.25, 0.3) is 10.9 Å². The lowest BCUT2D eigenvalue weighted by molar-refractivity contribution is 0.196. The smallest absolute Gasteiger partial charge is 0.162 e. The number of hydrogen-bond donors (Lipinski definition) is 2. The first-order chi connectivity index (χ1) is 11.7. The first-order valence-electron chi connectivity index (χ1n) is 7.57. The Hall–Kier alpha value is -2.80. The van der Waals surface area contributed by atoms with Crippen LogP contribution in [0.3, 0.4) is 0 Å². The van der Waals surface area contributed by atoms with Gasteiger partial charge >= 0.3 is 0 Å². The molecule has 7 nitrogen and oxygen atoms in total. The molecule has 3 aromatic rings. The number of anilines is 1. The summed E-state index contributed by atoms with van der Waals surface area (Å²) in [6, 6.07) is 7.34. The number of aliphatic hydroxyl groups is 1. The molecule has 0 spiro atoms. The van der Waals surface area contributed by atoms with Crippen LogP contribution in [0.5, 0.6) is 11.5 Å². The molecule has 0 bridgehead atoms. The average Bonchev–Trinajstić information content (AvgIpc) is 3.10. The van der Waals surface area contributed by atoms with E-state index in [4.69, 9.17) is 19.0 Å². The third-order valence-electron chi connectivity index (χ3n) is 3.45. The number of ether oxygens (including phenoxy) is 2. The first-order valence-corrected chi connectivity index (χ1v) is 7.57. The van der Waals surface area contributed by atoms with Crippen LogP contribution >= 0.6 is 0 Å². The molecule has 0 radical (unpaired) electrons. The summed E-state index contributed by atoms with van der Waals surface area (Å²) in [5.74, 6) is 3.24. The van der Waals surface area contributed by atoms with Crippen LogP contribution in [-0.2, 0) is 6.54 Å². The predicted molar refractivity (Wildman–Crippen MR) is 89.4 cm³/mol. The van der Waals surface area contributed by atoms with E-state index in [1.165, 1.54) is 0 Å². The second kappa shape index (κ2) is 7.18. The van der Waals surface area contributed by atoms with E-state index >= 15 is 0 Å². The van der Waals surface area contributed by atoms with Gasteiger partial charge in [0.25, 0.3) is 0 Å².